The smallest absolute Gasteiger partial charge is 0.200 e. The van der Waals surface area contributed by atoms with Crippen LogP contribution in [0, 0.1) is 0 Å². The first kappa shape index (κ1) is 13.3. The number of nitrogens with one attached hydrogen (secondary N) is 2. The molecular weight excluding hydrogens is 340 g/mol. The van der Waals surface area contributed by atoms with E-state index >= 15 is 0 Å². The maximum absolute atomic E-state index is 13.2. The molecule has 0 fully saturated rings. The lowest BCUT2D eigenvalue weighted by molar-refractivity contribution is 0.0939. The Balaban J connectivity index is 1.98. The Morgan fingerprint density at radius 3 is 2.50 bits per heavy atom. The summed E-state index contributed by atoms with van der Waals surface area (Å²) in [7, 11) is 0. The van der Waals surface area contributed by atoms with E-state index in [1.807, 2.05) is 66.9 Å². The molecule has 0 saturated carbocycles. The van der Waals surface area contributed by atoms with Gasteiger partial charge in [0.05, 0.1) is 5.69 Å². The molecule has 3 aromatic rings. The number of carbonyl (C=O) groups is 1. The van der Waals surface area contributed by atoms with E-state index in [2.05, 4.69) is 26.2 Å². The van der Waals surface area contributed by atoms with Gasteiger partial charge in [0.25, 0.3) is 0 Å². The minimum Gasteiger partial charge on any atom is -0.363 e. The average molecular weight is 353 g/mol. The third-order valence-electron chi connectivity index (χ3n) is 4.10. The Labute approximate surface area is 136 Å². The van der Waals surface area contributed by atoms with Crippen molar-refractivity contribution in [2.24, 2.45) is 0 Å². The molecular formula is C18H13BrN2O. The third-order valence-corrected chi connectivity index (χ3v) is 4.59. The van der Waals surface area contributed by atoms with Crippen LogP contribution in [-0.4, -0.2) is 10.8 Å². The van der Waals surface area contributed by atoms with Gasteiger partial charge < -0.3 is 10.3 Å². The van der Waals surface area contributed by atoms with E-state index in [0.717, 1.165) is 21.4 Å². The predicted octanol–water partition coefficient (Wildman–Crippen LogP) is 4.33. The molecule has 0 aliphatic carbocycles. The fourth-order valence-electron chi connectivity index (χ4n) is 3.08. The molecule has 1 aromatic heterocycles. The molecule has 108 valence electrons. The van der Waals surface area contributed by atoms with Crippen LogP contribution in [-0.2, 0) is 5.54 Å². The molecule has 4 rings (SSSR count). The zero-order valence-electron chi connectivity index (χ0n) is 11.6. The molecule has 0 saturated heterocycles. The van der Waals surface area contributed by atoms with E-state index in [4.69, 9.17) is 0 Å². The van der Waals surface area contributed by atoms with Crippen molar-refractivity contribution in [2.75, 3.05) is 5.32 Å². The summed E-state index contributed by atoms with van der Waals surface area (Å²) in [6, 6.07) is 19.4. The average Bonchev–Trinajstić information content (AvgIpc) is 3.16. The van der Waals surface area contributed by atoms with Crippen LogP contribution in [0.2, 0.25) is 0 Å². The lowest BCUT2D eigenvalue weighted by Gasteiger charge is -2.28. The van der Waals surface area contributed by atoms with Crippen molar-refractivity contribution in [2.45, 2.75) is 5.54 Å². The summed E-state index contributed by atoms with van der Waals surface area (Å²) in [6.45, 7) is 0. The second-order valence-corrected chi connectivity index (χ2v) is 6.26. The second kappa shape index (κ2) is 4.85. The summed E-state index contributed by atoms with van der Waals surface area (Å²) >= 11 is 3.47. The highest BCUT2D eigenvalue weighted by molar-refractivity contribution is 9.10. The van der Waals surface area contributed by atoms with Gasteiger partial charge in [-0.15, -0.1) is 0 Å². The van der Waals surface area contributed by atoms with Gasteiger partial charge in [-0.25, -0.2) is 0 Å². The van der Waals surface area contributed by atoms with Crippen molar-refractivity contribution in [3.05, 3.63) is 88.2 Å². The van der Waals surface area contributed by atoms with Crippen LogP contribution in [0.4, 0.5) is 5.69 Å². The predicted molar refractivity (Wildman–Crippen MR) is 90.1 cm³/mol. The van der Waals surface area contributed by atoms with Crippen LogP contribution in [0.25, 0.3) is 0 Å². The Kier molecular flexibility index (Phi) is 2.94. The number of rotatable bonds is 2. The highest BCUT2D eigenvalue weighted by Gasteiger charge is 2.48. The number of benzene rings is 2. The van der Waals surface area contributed by atoms with Crippen molar-refractivity contribution in [3.8, 4) is 0 Å². The van der Waals surface area contributed by atoms with Gasteiger partial charge >= 0.3 is 0 Å². The fourth-order valence-corrected chi connectivity index (χ4v) is 3.44. The largest absolute Gasteiger partial charge is 0.363 e. The van der Waals surface area contributed by atoms with Crippen molar-refractivity contribution < 1.29 is 4.79 Å². The molecule has 3 nitrogen and oxygen atoms in total. The molecule has 0 amide bonds. The molecule has 1 aliphatic rings. The van der Waals surface area contributed by atoms with E-state index in [1.54, 1.807) is 0 Å². The lowest BCUT2D eigenvalue weighted by atomic mass is 9.83. The van der Waals surface area contributed by atoms with Crippen LogP contribution < -0.4 is 5.32 Å². The van der Waals surface area contributed by atoms with Gasteiger partial charge in [-0.1, -0.05) is 46.3 Å². The number of hydrogen-bond acceptors (Lipinski definition) is 2. The SMILES string of the molecule is O=C1c2ccc(Br)cc2N[C@]1(c1ccccc1)c1ccc[nH]1. The minimum absolute atomic E-state index is 0.0589. The van der Waals surface area contributed by atoms with Crippen LogP contribution in [0.3, 0.4) is 0 Å². The Bertz CT molecular complexity index is 843. The molecule has 1 atom stereocenters. The number of ketones is 1. The van der Waals surface area contributed by atoms with Crippen molar-refractivity contribution >= 4 is 27.4 Å². The summed E-state index contributed by atoms with van der Waals surface area (Å²) in [5.74, 6) is 0.0589. The van der Waals surface area contributed by atoms with Gasteiger partial charge in [0.2, 0.25) is 5.78 Å². The first-order valence-electron chi connectivity index (χ1n) is 7.04. The summed E-state index contributed by atoms with van der Waals surface area (Å²) < 4.78 is 0.946. The zero-order chi connectivity index (χ0) is 15.2. The van der Waals surface area contributed by atoms with Gasteiger partial charge in [-0.05, 0) is 35.9 Å². The minimum atomic E-state index is -0.895. The van der Waals surface area contributed by atoms with E-state index in [0.29, 0.717) is 5.56 Å². The Hall–Kier alpha value is -2.33. The number of aromatic nitrogens is 1. The number of Topliss-reactive ketones (excluding diaryl/α,β-unsaturated/α-hetero) is 1. The summed E-state index contributed by atoms with van der Waals surface area (Å²) in [4.78, 5) is 16.4. The maximum atomic E-state index is 13.2. The van der Waals surface area contributed by atoms with E-state index in [1.165, 1.54) is 0 Å². The molecule has 4 heteroatoms. The maximum Gasteiger partial charge on any atom is 0.200 e. The van der Waals surface area contributed by atoms with Gasteiger partial charge in [-0.2, -0.15) is 0 Å². The molecule has 0 radical (unpaired) electrons. The van der Waals surface area contributed by atoms with E-state index in [-0.39, 0.29) is 5.78 Å². The topological polar surface area (TPSA) is 44.9 Å². The lowest BCUT2D eigenvalue weighted by Crippen LogP contribution is -2.40. The first-order chi connectivity index (χ1) is 10.7. The number of anilines is 1. The van der Waals surface area contributed by atoms with Crippen molar-refractivity contribution in [1.29, 1.82) is 0 Å². The van der Waals surface area contributed by atoms with Crippen LogP contribution >= 0.6 is 15.9 Å². The van der Waals surface area contributed by atoms with Gasteiger partial charge in [0, 0.05) is 21.9 Å². The Morgan fingerprint density at radius 1 is 0.955 bits per heavy atom. The molecule has 1 aliphatic heterocycles. The Morgan fingerprint density at radius 2 is 1.77 bits per heavy atom. The highest BCUT2D eigenvalue weighted by atomic mass is 79.9. The number of fused-ring (bicyclic) bond motifs is 1. The molecule has 2 aromatic carbocycles. The van der Waals surface area contributed by atoms with Gasteiger partial charge in [-0.3, -0.25) is 4.79 Å². The number of H-pyrrole nitrogens is 1. The quantitative estimate of drug-likeness (QED) is 0.720. The van der Waals surface area contributed by atoms with Crippen LogP contribution in [0.5, 0.6) is 0 Å². The fraction of sp³-hybridized carbons (Fsp3) is 0.0556. The molecule has 22 heavy (non-hydrogen) atoms. The molecule has 0 bridgehead atoms. The van der Waals surface area contributed by atoms with Crippen molar-refractivity contribution in [1.82, 2.24) is 4.98 Å². The first-order valence-corrected chi connectivity index (χ1v) is 7.83. The summed E-state index contributed by atoms with van der Waals surface area (Å²) in [5.41, 5.74) is 2.43. The van der Waals surface area contributed by atoms with Crippen LogP contribution in [0.1, 0.15) is 21.6 Å². The number of carbonyl (C=O) groups excluding carboxylic acids is 1. The third kappa shape index (κ3) is 1.77. The number of aromatic amines is 1. The number of halogens is 1. The molecule has 0 unspecified atom stereocenters. The van der Waals surface area contributed by atoms with E-state index in [9.17, 15) is 4.79 Å². The number of hydrogen-bond donors (Lipinski definition) is 2. The standard InChI is InChI=1S/C18H13BrN2O/c19-13-8-9-14-15(11-13)21-18(17(14)22,16-7-4-10-20-16)12-5-2-1-3-6-12/h1-11,20-21H/t18-/m1/s1. The second-order valence-electron chi connectivity index (χ2n) is 5.34. The summed E-state index contributed by atoms with van der Waals surface area (Å²) in [6.07, 6.45) is 1.84. The molecule has 0 spiro atoms. The van der Waals surface area contributed by atoms with Crippen molar-refractivity contribution in [3.63, 3.8) is 0 Å². The monoisotopic (exact) mass is 352 g/mol. The molecule has 2 heterocycles. The highest BCUT2D eigenvalue weighted by Crippen LogP contribution is 2.43. The van der Waals surface area contributed by atoms with Crippen LogP contribution in [0.15, 0.2) is 71.3 Å². The zero-order valence-corrected chi connectivity index (χ0v) is 13.2. The van der Waals surface area contributed by atoms with Gasteiger partial charge in [0.15, 0.2) is 5.54 Å². The molecule has 2 N–H and O–H groups in total. The summed E-state index contributed by atoms with van der Waals surface area (Å²) in [5, 5.41) is 3.45. The van der Waals surface area contributed by atoms with Gasteiger partial charge in [0.1, 0.15) is 0 Å². The van der Waals surface area contributed by atoms with E-state index < -0.39 is 5.54 Å². The normalized spacial score (nSPS) is 19.8.